The molecule has 0 atom stereocenters. The van der Waals surface area contributed by atoms with Crippen molar-refractivity contribution in [2.24, 2.45) is 10.9 Å². The van der Waals surface area contributed by atoms with Crippen molar-refractivity contribution in [2.75, 3.05) is 27.3 Å². The second-order valence-corrected chi connectivity index (χ2v) is 11.3. The van der Waals surface area contributed by atoms with Crippen LogP contribution in [0, 0.1) is 5.92 Å². The lowest BCUT2D eigenvalue weighted by molar-refractivity contribution is -0.141. The lowest BCUT2D eigenvalue weighted by atomic mass is 10.0. The first kappa shape index (κ1) is 25.1. The Labute approximate surface area is 207 Å². The van der Waals surface area contributed by atoms with Gasteiger partial charge in [0.2, 0.25) is 10.0 Å². The highest BCUT2D eigenvalue weighted by Gasteiger charge is 2.28. The molecule has 2 heterocycles. The molecule has 0 radical (unpaired) electrons. The van der Waals surface area contributed by atoms with E-state index in [-0.39, 0.29) is 17.0 Å². The third-order valence-electron chi connectivity index (χ3n) is 6.08. The van der Waals surface area contributed by atoms with E-state index in [0.717, 1.165) is 17.5 Å². The number of aromatic nitrogens is 1. The summed E-state index contributed by atoms with van der Waals surface area (Å²) in [5.41, 5.74) is 0.875. The zero-order valence-electron chi connectivity index (χ0n) is 19.8. The molecular weight excluding hydrogens is 490 g/mol. The molecule has 0 aliphatic carbocycles. The summed E-state index contributed by atoms with van der Waals surface area (Å²) >= 11 is 1.24. The van der Waals surface area contributed by atoms with Crippen LogP contribution in [0.15, 0.2) is 52.4 Å². The normalized spacial score (nSPS) is 15.9. The Hall–Kier alpha value is -3.02. The first-order valence-corrected chi connectivity index (χ1v) is 13.4. The van der Waals surface area contributed by atoms with Crippen LogP contribution in [-0.2, 0) is 26.1 Å². The van der Waals surface area contributed by atoms with Gasteiger partial charge in [0.15, 0.2) is 4.80 Å². The molecule has 1 fully saturated rings. The number of sulfonamides is 1. The lowest BCUT2D eigenvalue weighted by Crippen LogP contribution is -2.37. The van der Waals surface area contributed by atoms with E-state index in [9.17, 15) is 18.0 Å². The van der Waals surface area contributed by atoms with Crippen molar-refractivity contribution in [2.45, 2.75) is 31.2 Å². The van der Waals surface area contributed by atoms with Crippen LogP contribution in [0.25, 0.3) is 10.2 Å². The SMILES string of the molecule is COC(=O)Cn1c(=NC(=O)c2ccc(S(=O)(=O)N3CCC(C)CC3)cc2)sc2cccc(OC)c21. The van der Waals surface area contributed by atoms with Gasteiger partial charge in [-0.05, 0) is 55.2 Å². The maximum absolute atomic E-state index is 13.0. The number of amides is 1. The highest BCUT2D eigenvalue weighted by molar-refractivity contribution is 7.89. The van der Waals surface area contributed by atoms with Crippen LogP contribution in [0.3, 0.4) is 0 Å². The van der Waals surface area contributed by atoms with Crippen molar-refractivity contribution in [3.05, 3.63) is 52.8 Å². The standard InChI is InChI=1S/C24H27N3O6S2/c1-16-11-13-26(14-12-16)35(30,31)18-9-7-17(8-10-18)23(29)25-24-27(15-21(28)33-3)22-19(32-2)5-4-6-20(22)34-24/h4-10,16H,11-15H2,1-3H3. The molecule has 11 heteroatoms. The van der Waals surface area contributed by atoms with Gasteiger partial charge in [0.1, 0.15) is 17.8 Å². The van der Waals surface area contributed by atoms with Crippen LogP contribution in [0.1, 0.15) is 30.1 Å². The highest BCUT2D eigenvalue weighted by atomic mass is 32.2. The highest BCUT2D eigenvalue weighted by Crippen LogP contribution is 2.28. The van der Waals surface area contributed by atoms with E-state index < -0.39 is 21.9 Å². The van der Waals surface area contributed by atoms with Gasteiger partial charge in [-0.25, -0.2) is 8.42 Å². The van der Waals surface area contributed by atoms with Crippen molar-refractivity contribution in [3.63, 3.8) is 0 Å². The number of fused-ring (bicyclic) bond motifs is 1. The number of nitrogens with zero attached hydrogens (tertiary/aromatic N) is 3. The predicted octanol–water partition coefficient (Wildman–Crippen LogP) is 3.05. The molecule has 4 rings (SSSR count). The minimum absolute atomic E-state index is 0.144. The molecule has 35 heavy (non-hydrogen) atoms. The number of hydrogen-bond donors (Lipinski definition) is 0. The van der Waals surface area contributed by atoms with E-state index in [4.69, 9.17) is 9.47 Å². The topological polar surface area (TPSA) is 107 Å². The van der Waals surface area contributed by atoms with E-state index in [1.54, 1.807) is 10.6 Å². The molecule has 1 aliphatic rings. The Balaban J connectivity index is 1.67. The largest absolute Gasteiger partial charge is 0.495 e. The molecule has 9 nitrogen and oxygen atoms in total. The molecule has 0 N–H and O–H groups in total. The summed E-state index contributed by atoms with van der Waals surface area (Å²) in [5, 5.41) is 0. The van der Waals surface area contributed by atoms with Gasteiger partial charge in [-0.3, -0.25) is 9.59 Å². The first-order chi connectivity index (χ1) is 16.7. The molecule has 0 unspecified atom stereocenters. The third kappa shape index (κ3) is 5.16. The van der Waals surface area contributed by atoms with Gasteiger partial charge in [0, 0.05) is 18.7 Å². The van der Waals surface area contributed by atoms with Gasteiger partial charge in [0.05, 0.1) is 23.8 Å². The average molecular weight is 518 g/mol. The molecule has 0 spiro atoms. The van der Waals surface area contributed by atoms with Crippen molar-refractivity contribution in [3.8, 4) is 5.75 Å². The predicted molar refractivity (Wildman–Crippen MR) is 132 cm³/mol. The summed E-state index contributed by atoms with van der Waals surface area (Å²) in [6.07, 6.45) is 1.67. The number of methoxy groups -OCH3 is 2. The van der Waals surface area contributed by atoms with Crippen LogP contribution >= 0.6 is 11.3 Å². The van der Waals surface area contributed by atoms with Crippen LogP contribution < -0.4 is 9.54 Å². The summed E-state index contributed by atoms with van der Waals surface area (Å²) in [6, 6.07) is 11.2. The fourth-order valence-corrected chi connectivity index (χ4v) is 6.50. The van der Waals surface area contributed by atoms with E-state index in [1.807, 2.05) is 12.1 Å². The Morgan fingerprint density at radius 3 is 2.40 bits per heavy atom. The van der Waals surface area contributed by atoms with Crippen LogP contribution in [0.5, 0.6) is 5.75 Å². The maximum atomic E-state index is 13.0. The summed E-state index contributed by atoms with van der Waals surface area (Å²) in [7, 11) is -0.798. The molecule has 0 saturated carbocycles. The smallest absolute Gasteiger partial charge is 0.325 e. The van der Waals surface area contributed by atoms with Crippen molar-refractivity contribution >= 4 is 43.5 Å². The third-order valence-corrected chi connectivity index (χ3v) is 9.03. The van der Waals surface area contributed by atoms with Gasteiger partial charge in [-0.2, -0.15) is 9.30 Å². The molecule has 1 aliphatic heterocycles. The fraction of sp³-hybridized carbons (Fsp3) is 0.375. The number of hydrogen-bond acceptors (Lipinski definition) is 7. The summed E-state index contributed by atoms with van der Waals surface area (Å²) in [4.78, 5) is 29.7. The fourth-order valence-electron chi connectivity index (χ4n) is 3.98. The van der Waals surface area contributed by atoms with Crippen molar-refractivity contribution < 1.29 is 27.5 Å². The number of carbonyl (C=O) groups is 2. The number of rotatable bonds is 6. The second kappa shape index (κ2) is 10.3. The van der Waals surface area contributed by atoms with Gasteiger partial charge in [-0.15, -0.1) is 0 Å². The van der Waals surface area contributed by atoms with Gasteiger partial charge >= 0.3 is 5.97 Å². The van der Waals surface area contributed by atoms with E-state index in [1.165, 1.54) is 54.1 Å². The first-order valence-electron chi connectivity index (χ1n) is 11.2. The molecule has 186 valence electrons. The van der Waals surface area contributed by atoms with E-state index >= 15 is 0 Å². The molecule has 1 saturated heterocycles. The number of carbonyl (C=O) groups excluding carboxylic acids is 2. The summed E-state index contributed by atoms with van der Waals surface area (Å²) in [6.45, 7) is 2.97. The molecule has 2 aromatic carbocycles. The minimum Gasteiger partial charge on any atom is -0.495 e. The lowest BCUT2D eigenvalue weighted by Gasteiger charge is -2.29. The maximum Gasteiger partial charge on any atom is 0.325 e. The molecular formula is C24H27N3O6S2. The van der Waals surface area contributed by atoms with E-state index in [0.29, 0.717) is 35.1 Å². The number of ether oxygens (including phenoxy) is 2. The van der Waals surface area contributed by atoms with Crippen LogP contribution in [0.2, 0.25) is 0 Å². The van der Waals surface area contributed by atoms with Crippen molar-refractivity contribution in [1.82, 2.24) is 8.87 Å². The summed E-state index contributed by atoms with van der Waals surface area (Å²) < 4.78 is 40.0. The Morgan fingerprint density at radius 1 is 1.09 bits per heavy atom. The number of thiazole rings is 1. The molecule has 1 amide bonds. The number of piperidine rings is 1. The molecule has 0 bridgehead atoms. The second-order valence-electron chi connectivity index (χ2n) is 8.38. The number of esters is 1. The van der Waals surface area contributed by atoms with E-state index in [2.05, 4.69) is 11.9 Å². The quantitative estimate of drug-likeness (QED) is 0.465. The Bertz CT molecular complexity index is 1420. The Kier molecular flexibility index (Phi) is 7.39. The monoisotopic (exact) mass is 517 g/mol. The Morgan fingerprint density at radius 2 is 1.77 bits per heavy atom. The number of benzene rings is 2. The average Bonchev–Trinajstić information content (AvgIpc) is 3.20. The van der Waals surface area contributed by atoms with Gasteiger partial charge in [-0.1, -0.05) is 24.3 Å². The van der Waals surface area contributed by atoms with Crippen molar-refractivity contribution in [1.29, 1.82) is 0 Å². The van der Waals surface area contributed by atoms with Gasteiger partial charge in [0.25, 0.3) is 5.91 Å². The molecule has 1 aromatic heterocycles. The summed E-state index contributed by atoms with van der Waals surface area (Å²) in [5.74, 6) is 0.00754. The van der Waals surface area contributed by atoms with Gasteiger partial charge < -0.3 is 14.0 Å². The molecule has 3 aromatic rings. The minimum atomic E-state index is -3.61. The van der Waals surface area contributed by atoms with Crippen LogP contribution in [-0.4, -0.2) is 56.5 Å². The zero-order chi connectivity index (χ0) is 25.2. The zero-order valence-corrected chi connectivity index (χ0v) is 21.4. The number of para-hydroxylation sites is 1. The van der Waals surface area contributed by atoms with Crippen LogP contribution in [0.4, 0.5) is 0 Å².